The van der Waals surface area contributed by atoms with Crippen LogP contribution >= 0.6 is 11.3 Å². The van der Waals surface area contributed by atoms with Crippen LogP contribution in [0.1, 0.15) is 21.4 Å². The summed E-state index contributed by atoms with van der Waals surface area (Å²) in [5, 5.41) is 6.62. The van der Waals surface area contributed by atoms with E-state index in [9.17, 15) is 0 Å². The molecule has 2 N–H and O–H groups in total. The van der Waals surface area contributed by atoms with Crippen molar-refractivity contribution in [1.82, 2.24) is 29.5 Å². The van der Waals surface area contributed by atoms with E-state index in [1.165, 1.54) is 10.6 Å². The molecule has 0 atom stereocenters. The van der Waals surface area contributed by atoms with Gasteiger partial charge in [-0.05, 0) is 25.5 Å². The Morgan fingerprint density at radius 3 is 3.00 bits per heavy atom. The molecular weight excluding hydrogens is 374 g/mol. The maximum atomic E-state index is 6.13. The Hall–Kier alpha value is -2.78. The first-order valence-electron chi connectivity index (χ1n) is 9.28. The maximum Gasteiger partial charge on any atom is 0.223 e. The molecule has 0 saturated carbocycles. The van der Waals surface area contributed by atoms with Gasteiger partial charge in [-0.2, -0.15) is 4.52 Å². The maximum absolute atomic E-state index is 6.13. The molecule has 9 heteroatoms. The number of anilines is 1. The molecule has 4 aromatic rings. The van der Waals surface area contributed by atoms with Gasteiger partial charge in [0.15, 0.2) is 11.5 Å². The number of para-hydroxylation sites is 1. The van der Waals surface area contributed by atoms with Crippen molar-refractivity contribution >= 4 is 33.8 Å². The van der Waals surface area contributed by atoms with Gasteiger partial charge < -0.3 is 10.5 Å². The molecular formula is C19H21N7OS. The quantitative estimate of drug-likeness (QED) is 0.566. The third-order valence-corrected chi connectivity index (χ3v) is 6.19. The number of benzene rings is 1. The zero-order valence-corrected chi connectivity index (χ0v) is 16.7. The Morgan fingerprint density at radius 1 is 1.25 bits per heavy atom. The predicted octanol–water partition coefficient (Wildman–Crippen LogP) is 2.23. The highest BCUT2D eigenvalue weighted by Gasteiger charge is 2.20. The van der Waals surface area contributed by atoms with Crippen LogP contribution < -0.4 is 10.5 Å². The molecule has 144 valence electrons. The summed E-state index contributed by atoms with van der Waals surface area (Å²) in [6, 6.07) is 5.76. The third kappa shape index (κ3) is 2.87. The number of nitrogens with two attached hydrogens (primary N) is 1. The Balaban J connectivity index is 1.41. The highest BCUT2D eigenvalue weighted by atomic mass is 32.1. The lowest BCUT2D eigenvalue weighted by atomic mass is 10.2. The van der Waals surface area contributed by atoms with Gasteiger partial charge in [0.2, 0.25) is 5.95 Å². The molecule has 28 heavy (non-hydrogen) atoms. The minimum absolute atomic E-state index is 0.311. The highest BCUT2D eigenvalue weighted by Crippen LogP contribution is 2.28. The van der Waals surface area contributed by atoms with E-state index >= 15 is 0 Å². The van der Waals surface area contributed by atoms with Gasteiger partial charge in [0, 0.05) is 36.3 Å². The van der Waals surface area contributed by atoms with Crippen molar-refractivity contribution in [2.75, 3.05) is 25.9 Å². The van der Waals surface area contributed by atoms with Crippen LogP contribution in [0.25, 0.3) is 16.6 Å². The zero-order valence-electron chi connectivity index (χ0n) is 15.8. The largest absolute Gasteiger partial charge is 0.494 e. The minimum Gasteiger partial charge on any atom is -0.494 e. The smallest absolute Gasteiger partial charge is 0.223 e. The van der Waals surface area contributed by atoms with Gasteiger partial charge in [-0.15, -0.1) is 16.4 Å². The predicted molar refractivity (Wildman–Crippen MR) is 109 cm³/mol. The molecule has 1 aromatic carbocycles. The normalized spacial score (nSPS) is 14.6. The van der Waals surface area contributed by atoms with Crippen LogP contribution in [-0.2, 0) is 19.4 Å². The third-order valence-electron chi connectivity index (χ3n) is 5.12. The van der Waals surface area contributed by atoms with Gasteiger partial charge >= 0.3 is 0 Å². The van der Waals surface area contributed by atoms with E-state index in [-0.39, 0.29) is 0 Å². The molecule has 0 radical (unpaired) electrons. The molecule has 0 fully saturated rings. The Bertz CT molecular complexity index is 1180. The summed E-state index contributed by atoms with van der Waals surface area (Å²) in [6.45, 7) is 4.91. The van der Waals surface area contributed by atoms with Gasteiger partial charge in [-0.3, -0.25) is 4.90 Å². The van der Waals surface area contributed by atoms with Crippen LogP contribution in [0.15, 0.2) is 18.2 Å². The monoisotopic (exact) mass is 395 g/mol. The molecule has 5 rings (SSSR count). The number of methoxy groups -OCH3 is 1. The van der Waals surface area contributed by atoms with Crippen LogP contribution in [0.4, 0.5) is 5.95 Å². The summed E-state index contributed by atoms with van der Waals surface area (Å²) in [5.74, 6) is 1.76. The van der Waals surface area contributed by atoms with Gasteiger partial charge in [0.05, 0.1) is 17.8 Å². The summed E-state index contributed by atoms with van der Waals surface area (Å²) in [6.07, 6.45) is 1.83. The van der Waals surface area contributed by atoms with Crippen LogP contribution in [-0.4, -0.2) is 49.7 Å². The Labute approximate surface area is 166 Å². The van der Waals surface area contributed by atoms with Crippen molar-refractivity contribution in [2.24, 2.45) is 0 Å². The first kappa shape index (κ1) is 17.3. The molecule has 0 aliphatic carbocycles. The van der Waals surface area contributed by atoms with Gasteiger partial charge in [-0.25, -0.2) is 15.0 Å². The number of fused-ring (bicyclic) bond motifs is 4. The van der Waals surface area contributed by atoms with Crippen molar-refractivity contribution in [3.8, 4) is 5.75 Å². The molecule has 1 aliphatic heterocycles. The summed E-state index contributed by atoms with van der Waals surface area (Å²) >= 11 is 1.82. The molecule has 4 heterocycles. The molecule has 0 spiro atoms. The fourth-order valence-corrected chi connectivity index (χ4v) is 4.70. The number of ether oxygens (including phenoxy) is 1. The first-order valence-corrected chi connectivity index (χ1v) is 10.1. The molecule has 8 nitrogen and oxygen atoms in total. The van der Waals surface area contributed by atoms with Gasteiger partial charge in [0.1, 0.15) is 11.3 Å². The molecule has 1 aliphatic rings. The lowest BCUT2D eigenvalue weighted by molar-refractivity contribution is 0.254. The van der Waals surface area contributed by atoms with Crippen molar-refractivity contribution in [3.05, 3.63) is 39.6 Å². The van der Waals surface area contributed by atoms with Crippen molar-refractivity contribution in [2.45, 2.75) is 26.3 Å². The number of aryl methyl sites for hydroxylation is 1. The summed E-state index contributed by atoms with van der Waals surface area (Å²) in [4.78, 5) is 17.7. The SMILES string of the molecule is COc1cccc2c1nc(N)n1nc(CCN3CCc4sc(C)nc4C3)nc21. The zero-order chi connectivity index (χ0) is 19.3. The number of hydrogen-bond donors (Lipinski definition) is 1. The summed E-state index contributed by atoms with van der Waals surface area (Å²) in [7, 11) is 1.62. The van der Waals surface area contributed by atoms with Crippen molar-refractivity contribution in [1.29, 1.82) is 0 Å². The van der Waals surface area contributed by atoms with E-state index in [4.69, 9.17) is 15.5 Å². The van der Waals surface area contributed by atoms with E-state index in [1.807, 2.05) is 29.5 Å². The minimum atomic E-state index is 0.311. The van der Waals surface area contributed by atoms with Crippen LogP contribution in [0.2, 0.25) is 0 Å². The number of rotatable bonds is 4. The van der Waals surface area contributed by atoms with Gasteiger partial charge in [0.25, 0.3) is 0 Å². The van der Waals surface area contributed by atoms with E-state index in [1.54, 1.807) is 11.6 Å². The lowest BCUT2D eigenvalue weighted by Gasteiger charge is -2.25. The summed E-state index contributed by atoms with van der Waals surface area (Å²) in [5.41, 5.74) is 8.78. The fraction of sp³-hybridized carbons (Fsp3) is 0.368. The van der Waals surface area contributed by atoms with Crippen molar-refractivity contribution in [3.63, 3.8) is 0 Å². The standard InChI is InChI=1S/C19H21N7OS/c1-11-21-13-10-25(8-6-15(13)28-11)9-7-16-22-18-12-4-3-5-14(27-2)17(12)23-19(20)26(18)24-16/h3-5H,6-10H2,1-2H3,(H2,20,23). The lowest BCUT2D eigenvalue weighted by Crippen LogP contribution is -2.32. The topological polar surface area (TPSA) is 94.5 Å². The average Bonchev–Trinajstić information content (AvgIpc) is 3.28. The number of aromatic nitrogens is 5. The number of nitrogens with zero attached hydrogens (tertiary/aromatic N) is 6. The molecule has 3 aromatic heterocycles. The van der Waals surface area contributed by atoms with E-state index in [0.717, 1.165) is 48.7 Å². The van der Waals surface area contributed by atoms with Gasteiger partial charge in [-0.1, -0.05) is 6.07 Å². The average molecular weight is 395 g/mol. The second kappa shape index (κ2) is 6.68. The highest BCUT2D eigenvalue weighted by molar-refractivity contribution is 7.11. The van der Waals surface area contributed by atoms with E-state index < -0.39 is 0 Å². The van der Waals surface area contributed by atoms with E-state index in [2.05, 4.69) is 26.9 Å². The molecule has 0 amide bonds. The summed E-state index contributed by atoms with van der Waals surface area (Å²) < 4.78 is 7.03. The van der Waals surface area contributed by atoms with Crippen LogP contribution in [0.3, 0.4) is 0 Å². The first-order chi connectivity index (χ1) is 13.6. The van der Waals surface area contributed by atoms with Crippen molar-refractivity contribution < 1.29 is 4.74 Å². The Morgan fingerprint density at radius 2 is 2.14 bits per heavy atom. The van der Waals surface area contributed by atoms with Crippen LogP contribution in [0.5, 0.6) is 5.75 Å². The second-order valence-electron chi connectivity index (χ2n) is 6.97. The number of thiazole rings is 1. The second-order valence-corrected chi connectivity index (χ2v) is 8.26. The molecule has 0 bridgehead atoms. The number of hydrogen-bond acceptors (Lipinski definition) is 8. The van der Waals surface area contributed by atoms with Crippen LogP contribution in [0, 0.1) is 6.92 Å². The van der Waals surface area contributed by atoms with E-state index in [0.29, 0.717) is 22.9 Å². The number of nitrogen functional groups attached to an aromatic ring is 1. The fourth-order valence-electron chi connectivity index (χ4n) is 3.77. The molecule has 0 unspecified atom stereocenters. The Kier molecular flexibility index (Phi) is 4.13. The molecule has 0 saturated heterocycles.